The fourth-order valence-corrected chi connectivity index (χ4v) is 1.85. The Balaban J connectivity index is 2.35. The average molecular weight is 191 g/mol. The zero-order valence-corrected chi connectivity index (χ0v) is 8.10. The number of carboxylic acid groups (broad SMARTS) is 1. The van der Waals surface area contributed by atoms with Gasteiger partial charge in [0.25, 0.3) is 0 Å². The van der Waals surface area contributed by atoms with Crippen LogP contribution in [0.4, 0.5) is 0 Å². The summed E-state index contributed by atoms with van der Waals surface area (Å²) in [4.78, 5) is 15.1. The van der Waals surface area contributed by atoms with Gasteiger partial charge in [-0.15, -0.1) is 0 Å². The van der Waals surface area contributed by atoms with Crippen molar-refractivity contribution in [1.82, 2.24) is 4.98 Å². The van der Waals surface area contributed by atoms with Crippen molar-refractivity contribution >= 4 is 5.97 Å². The maximum Gasteiger partial charge on any atom is 0.311 e. The van der Waals surface area contributed by atoms with Crippen LogP contribution >= 0.6 is 0 Å². The number of hydrogen-bond donors (Lipinski definition) is 1. The van der Waals surface area contributed by atoms with E-state index in [4.69, 9.17) is 5.11 Å². The Morgan fingerprint density at radius 1 is 1.64 bits per heavy atom. The molecule has 1 saturated carbocycles. The van der Waals surface area contributed by atoms with Crippen LogP contribution in [0.25, 0.3) is 0 Å². The van der Waals surface area contributed by atoms with Crippen LogP contribution in [0.3, 0.4) is 0 Å². The lowest BCUT2D eigenvalue weighted by molar-refractivity contribution is -0.139. The molecule has 1 aliphatic rings. The van der Waals surface area contributed by atoms with Gasteiger partial charge in [-0.2, -0.15) is 0 Å². The number of carboxylic acids is 1. The molecule has 0 bridgehead atoms. The number of rotatable bonds is 3. The van der Waals surface area contributed by atoms with E-state index >= 15 is 0 Å². The number of pyridine rings is 1. The number of carbonyl (C=O) groups is 1. The number of aryl methyl sites for hydroxylation is 1. The van der Waals surface area contributed by atoms with Gasteiger partial charge in [-0.3, -0.25) is 9.78 Å². The quantitative estimate of drug-likeness (QED) is 0.794. The van der Waals surface area contributed by atoms with Crippen molar-refractivity contribution in [2.45, 2.75) is 25.7 Å². The lowest BCUT2D eigenvalue weighted by Crippen LogP contribution is -2.14. The topological polar surface area (TPSA) is 50.2 Å². The first-order valence-electron chi connectivity index (χ1n) is 4.83. The average Bonchev–Trinajstić information content (AvgIpc) is 2.92. The summed E-state index contributed by atoms with van der Waals surface area (Å²) in [6.07, 6.45) is 5.48. The zero-order valence-electron chi connectivity index (χ0n) is 8.10. The molecule has 1 unspecified atom stereocenters. The maximum atomic E-state index is 11.1. The fraction of sp³-hybridized carbons (Fsp3) is 0.455. The molecule has 74 valence electrons. The summed E-state index contributed by atoms with van der Waals surface area (Å²) in [5.41, 5.74) is 1.90. The smallest absolute Gasteiger partial charge is 0.311 e. The van der Waals surface area contributed by atoms with Crippen LogP contribution < -0.4 is 0 Å². The van der Waals surface area contributed by atoms with Gasteiger partial charge in [0.05, 0.1) is 5.92 Å². The molecule has 0 radical (unpaired) electrons. The summed E-state index contributed by atoms with van der Waals surface area (Å²) in [6, 6.07) is 1.83. The van der Waals surface area contributed by atoms with Gasteiger partial charge in [0.15, 0.2) is 0 Å². The highest BCUT2D eigenvalue weighted by Crippen LogP contribution is 2.43. The summed E-state index contributed by atoms with van der Waals surface area (Å²) in [5.74, 6) is -0.687. The minimum atomic E-state index is -0.707. The molecule has 1 atom stereocenters. The second-order valence-electron chi connectivity index (χ2n) is 3.89. The first-order valence-corrected chi connectivity index (χ1v) is 4.83. The summed E-state index contributed by atoms with van der Waals surface area (Å²) in [6.45, 7) is 1.92. The lowest BCUT2D eigenvalue weighted by Gasteiger charge is -2.13. The molecule has 1 aromatic heterocycles. The minimum Gasteiger partial charge on any atom is -0.481 e. The van der Waals surface area contributed by atoms with E-state index in [-0.39, 0.29) is 5.92 Å². The van der Waals surface area contributed by atoms with Crippen molar-refractivity contribution < 1.29 is 9.90 Å². The van der Waals surface area contributed by atoms with Crippen LogP contribution in [0.15, 0.2) is 18.5 Å². The Hall–Kier alpha value is -1.38. The molecule has 1 heterocycles. The molecular formula is C11H13NO2. The van der Waals surface area contributed by atoms with Crippen molar-refractivity contribution in [3.63, 3.8) is 0 Å². The van der Waals surface area contributed by atoms with Crippen LogP contribution in [0.1, 0.15) is 29.9 Å². The van der Waals surface area contributed by atoms with Crippen molar-refractivity contribution in [3.8, 4) is 0 Å². The number of aromatic nitrogens is 1. The predicted octanol–water partition coefficient (Wildman–Crippen LogP) is 1.97. The summed E-state index contributed by atoms with van der Waals surface area (Å²) >= 11 is 0. The molecule has 0 amide bonds. The molecule has 1 fully saturated rings. The molecule has 1 aliphatic carbocycles. The standard InChI is InChI=1S/C11H13NO2/c1-7-6-12-5-4-9(7)10(11(13)14)8-2-3-8/h4-6,8,10H,2-3H2,1H3,(H,13,14). The van der Waals surface area contributed by atoms with Gasteiger partial charge in [-0.25, -0.2) is 0 Å². The summed E-state index contributed by atoms with van der Waals surface area (Å²) in [5, 5.41) is 9.14. The molecule has 0 spiro atoms. The predicted molar refractivity (Wildman–Crippen MR) is 52.1 cm³/mol. The molecule has 1 aromatic rings. The highest BCUT2D eigenvalue weighted by Gasteiger charge is 2.37. The Labute approximate surface area is 82.8 Å². The second kappa shape index (κ2) is 3.40. The van der Waals surface area contributed by atoms with Gasteiger partial charge in [0, 0.05) is 12.4 Å². The van der Waals surface area contributed by atoms with Crippen LogP contribution in [0.5, 0.6) is 0 Å². The molecule has 2 rings (SSSR count). The monoisotopic (exact) mass is 191 g/mol. The molecule has 3 heteroatoms. The van der Waals surface area contributed by atoms with E-state index < -0.39 is 5.97 Å². The van der Waals surface area contributed by atoms with Crippen LogP contribution in [-0.2, 0) is 4.79 Å². The Kier molecular flexibility index (Phi) is 2.23. The minimum absolute atomic E-state index is 0.321. The highest BCUT2D eigenvalue weighted by atomic mass is 16.4. The fourth-order valence-electron chi connectivity index (χ4n) is 1.85. The van der Waals surface area contributed by atoms with E-state index in [0.29, 0.717) is 5.92 Å². The van der Waals surface area contributed by atoms with E-state index in [0.717, 1.165) is 24.0 Å². The van der Waals surface area contributed by atoms with Gasteiger partial charge >= 0.3 is 5.97 Å². The lowest BCUT2D eigenvalue weighted by atomic mass is 9.92. The molecule has 0 saturated heterocycles. The van der Waals surface area contributed by atoms with Crippen molar-refractivity contribution in [2.24, 2.45) is 5.92 Å². The number of nitrogens with zero attached hydrogens (tertiary/aromatic N) is 1. The van der Waals surface area contributed by atoms with Gasteiger partial charge in [-0.1, -0.05) is 0 Å². The van der Waals surface area contributed by atoms with E-state index in [1.807, 2.05) is 13.0 Å². The number of aliphatic carboxylic acids is 1. The van der Waals surface area contributed by atoms with Crippen LogP contribution in [0.2, 0.25) is 0 Å². The molecule has 1 N–H and O–H groups in total. The van der Waals surface area contributed by atoms with Crippen molar-refractivity contribution in [1.29, 1.82) is 0 Å². The molecule has 14 heavy (non-hydrogen) atoms. The molecule has 0 aliphatic heterocycles. The largest absolute Gasteiger partial charge is 0.481 e. The van der Waals surface area contributed by atoms with Crippen molar-refractivity contribution in [2.75, 3.05) is 0 Å². The van der Waals surface area contributed by atoms with Gasteiger partial charge < -0.3 is 5.11 Å². The third kappa shape index (κ3) is 1.62. The summed E-state index contributed by atoms with van der Waals surface area (Å²) in [7, 11) is 0. The summed E-state index contributed by atoms with van der Waals surface area (Å²) < 4.78 is 0. The van der Waals surface area contributed by atoms with E-state index in [2.05, 4.69) is 4.98 Å². The third-order valence-corrected chi connectivity index (χ3v) is 2.76. The van der Waals surface area contributed by atoms with Gasteiger partial charge in [-0.05, 0) is 42.9 Å². The second-order valence-corrected chi connectivity index (χ2v) is 3.89. The molecule has 3 nitrogen and oxygen atoms in total. The normalized spacial score (nSPS) is 17.8. The first-order chi connectivity index (χ1) is 6.70. The van der Waals surface area contributed by atoms with Crippen LogP contribution in [-0.4, -0.2) is 16.1 Å². The van der Waals surface area contributed by atoms with E-state index in [1.54, 1.807) is 12.4 Å². The Morgan fingerprint density at radius 3 is 2.86 bits per heavy atom. The first kappa shape index (κ1) is 9.19. The highest BCUT2D eigenvalue weighted by molar-refractivity contribution is 5.77. The van der Waals surface area contributed by atoms with Gasteiger partial charge in [0.2, 0.25) is 0 Å². The molecule has 0 aromatic carbocycles. The Morgan fingerprint density at radius 2 is 2.36 bits per heavy atom. The van der Waals surface area contributed by atoms with Gasteiger partial charge in [0.1, 0.15) is 0 Å². The zero-order chi connectivity index (χ0) is 10.1. The molecular weight excluding hydrogens is 178 g/mol. The van der Waals surface area contributed by atoms with E-state index in [1.165, 1.54) is 0 Å². The SMILES string of the molecule is Cc1cnccc1C(C(=O)O)C1CC1. The number of hydrogen-bond acceptors (Lipinski definition) is 2. The Bertz CT molecular complexity index is 358. The van der Waals surface area contributed by atoms with Crippen LogP contribution in [0, 0.1) is 12.8 Å². The maximum absolute atomic E-state index is 11.1. The van der Waals surface area contributed by atoms with Crippen molar-refractivity contribution in [3.05, 3.63) is 29.6 Å². The van der Waals surface area contributed by atoms with E-state index in [9.17, 15) is 4.79 Å². The third-order valence-electron chi connectivity index (χ3n) is 2.76.